The van der Waals surface area contributed by atoms with Crippen LogP contribution in [0.4, 0.5) is 4.39 Å². The molecule has 0 aliphatic rings. The minimum Gasteiger partial charge on any atom is -0.364 e. The molecule has 0 fully saturated rings. The van der Waals surface area contributed by atoms with Crippen LogP contribution in [-0.2, 0) is 0 Å². The van der Waals surface area contributed by atoms with Crippen molar-refractivity contribution in [3.63, 3.8) is 0 Å². The number of aromatic nitrogens is 1. The van der Waals surface area contributed by atoms with Crippen molar-refractivity contribution in [2.45, 2.75) is 0 Å². The summed E-state index contributed by atoms with van der Waals surface area (Å²) in [6, 6.07) is 9.08. The second kappa shape index (κ2) is 4.09. The molecule has 0 saturated carbocycles. The zero-order valence-corrected chi connectivity index (χ0v) is 7.98. The average Bonchev–Trinajstić information content (AvgIpc) is 2.71. The largest absolute Gasteiger partial charge is 0.364 e. The van der Waals surface area contributed by atoms with Crippen molar-refractivity contribution in [2.24, 2.45) is 0 Å². The zero-order chi connectivity index (χ0) is 10.7. The number of rotatable bonds is 2. The highest BCUT2D eigenvalue weighted by atomic mass is 19.1. The van der Waals surface area contributed by atoms with E-state index in [4.69, 9.17) is 4.52 Å². The summed E-state index contributed by atoms with van der Waals surface area (Å²) in [5.41, 5.74) is 2.47. The van der Waals surface area contributed by atoms with Gasteiger partial charge >= 0.3 is 0 Å². The lowest BCUT2D eigenvalue weighted by Gasteiger charge is -1.96. The van der Waals surface area contributed by atoms with E-state index in [1.807, 2.05) is 12.1 Å². The van der Waals surface area contributed by atoms with Crippen LogP contribution < -0.4 is 0 Å². The van der Waals surface area contributed by atoms with Crippen LogP contribution in [0, 0.1) is 6.92 Å². The lowest BCUT2D eigenvalue weighted by molar-refractivity contribution is 0.422. The molecule has 1 radical (unpaired) electrons. The molecule has 0 aliphatic heterocycles. The van der Waals surface area contributed by atoms with Gasteiger partial charge in [0.15, 0.2) is 0 Å². The minimum absolute atomic E-state index is 0.454. The van der Waals surface area contributed by atoms with E-state index in [9.17, 15) is 4.39 Å². The molecule has 0 atom stereocenters. The third-order valence-corrected chi connectivity index (χ3v) is 1.97. The van der Waals surface area contributed by atoms with Gasteiger partial charge in [-0.05, 0) is 11.6 Å². The van der Waals surface area contributed by atoms with Crippen LogP contribution in [0.1, 0.15) is 5.56 Å². The maximum atomic E-state index is 12.5. The van der Waals surface area contributed by atoms with Gasteiger partial charge in [-0.1, -0.05) is 29.4 Å². The van der Waals surface area contributed by atoms with Crippen LogP contribution in [0.3, 0.4) is 0 Å². The van der Waals surface area contributed by atoms with Gasteiger partial charge in [0.05, 0.1) is 0 Å². The molecule has 0 unspecified atom stereocenters. The van der Waals surface area contributed by atoms with E-state index in [2.05, 4.69) is 12.1 Å². The van der Waals surface area contributed by atoms with E-state index in [1.54, 1.807) is 18.2 Å². The van der Waals surface area contributed by atoms with Crippen LogP contribution in [0.15, 0.2) is 46.9 Å². The molecule has 0 bridgehead atoms. The van der Waals surface area contributed by atoms with Crippen molar-refractivity contribution >= 4 is 6.08 Å². The first kappa shape index (κ1) is 9.65. The number of nitrogens with zero attached hydrogens (tertiary/aromatic N) is 1. The quantitative estimate of drug-likeness (QED) is 0.745. The number of benzene rings is 1. The van der Waals surface area contributed by atoms with Gasteiger partial charge < -0.3 is 4.52 Å². The van der Waals surface area contributed by atoms with Gasteiger partial charge in [-0.25, -0.2) is 4.39 Å². The molecule has 0 amide bonds. The second-order valence-corrected chi connectivity index (χ2v) is 3.10. The highest BCUT2D eigenvalue weighted by molar-refractivity contribution is 5.62. The smallest absolute Gasteiger partial charge is 0.124 e. The van der Waals surface area contributed by atoms with Gasteiger partial charge in [-0.3, -0.25) is 0 Å². The maximum absolute atomic E-state index is 12.5. The first-order valence-electron chi connectivity index (χ1n) is 4.46. The topological polar surface area (TPSA) is 26.0 Å². The molecule has 2 nitrogen and oxygen atoms in total. The Morgan fingerprint density at radius 1 is 1.27 bits per heavy atom. The van der Waals surface area contributed by atoms with Crippen molar-refractivity contribution < 1.29 is 8.91 Å². The zero-order valence-electron chi connectivity index (χ0n) is 7.98. The summed E-state index contributed by atoms with van der Waals surface area (Å²) >= 11 is 0. The van der Waals surface area contributed by atoms with Gasteiger partial charge in [0.1, 0.15) is 17.8 Å². The van der Waals surface area contributed by atoms with Gasteiger partial charge in [-0.2, -0.15) is 0 Å². The average molecular weight is 202 g/mol. The van der Waals surface area contributed by atoms with Crippen molar-refractivity contribution in [2.75, 3.05) is 0 Å². The number of hydrogen-bond donors (Lipinski definition) is 0. The molecule has 2 rings (SSSR count). The molecule has 0 N–H and O–H groups in total. The van der Waals surface area contributed by atoms with Crippen molar-refractivity contribution in [3.05, 3.63) is 54.9 Å². The van der Waals surface area contributed by atoms with E-state index in [0.717, 1.165) is 16.8 Å². The van der Waals surface area contributed by atoms with Crippen molar-refractivity contribution in [1.82, 2.24) is 5.16 Å². The SMILES string of the molecule is [CH2]/C(F)=C\c1ccc(-c2ccon2)cc1. The van der Waals surface area contributed by atoms with Crippen molar-refractivity contribution in [3.8, 4) is 11.3 Å². The van der Waals surface area contributed by atoms with E-state index in [-0.39, 0.29) is 0 Å². The van der Waals surface area contributed by atoms with E-state index in [1.165, 1.54) is 12.3 Å². The Kier molecular flexibility index (Phi) is 2.63. The van der Waals surface area contributed by atoms with Gasteiger partial charge in [0.25, 0.3) is 0 Å². The number of allylic oxidation sites excluding steroid dienone is 1. The van der Waals surface area contributed by atoms with Gasteiger partial charge in [0, 0.05) is 18.6 Å². The summed E-state index contributed by atoms with van der Waals surface area (Å²) < 4.78 is 17.2. The maximum Gasteiger partial charge on any atom is 0.124 e. The summed E-state index contributed by atoms with van der Waals surface area (Å²) in [6.07, 6.45) is 2.88. The minimum atomic E-state index is -0.454. The molecule has 3 heteroatoms. The Bertz CT molecular complexity index is 453. The molecule has 1 aromatic carbocycles. The Morgan fingerprint density at radius 2 is 2.00 bits per heavy atom. The number of halogens is 1. The van der Waals surface area contributed by atoms with Gasteiger partial charge in [0.2, 0.25) is 0 Å². The second-order valence-electron chi connectivity index (χ2n) is 3.10. The fourth-order valence-electron chi connectivity index (χ4n) is 1.29. The summed E-state index contributed by atoms with van der Waals surface area (Å²) in [6.45, 7) is 3.17. The summed E-state index contributed by atoms with van der Waals surface area (Å²) in [7, 11) is 0. The molecule has 2 aromatic rings. The molecule has 0 spiro atoms. The first-order valence-corrected chi connectivity index (χ1v) is 4.46. The molecule has 0 aliphatic carbocycles. The van der Waals surface area contributed by atoms with E-state index >= 15 is 0 Å². The number of hydrogen-bond acceptors (Lipinski definition) is 2. The van der Waals surface area contributed by atoms with Gasteiger partial charge in [-0.15, -0.1) is 0 Å². The predicted molar refractivity (Wildman–Crippen MR) is 56.4 cm³/mol. The van der Waals surface area contributed by atoms with E-state index < -0.39 is 5.83 Å². The first-order chi connectivity index (χ1) is 7.25. The summed E-state index contributed by atoms with van der Waals surface area (Å²) in [5, 5.41) is 3.80. The molecular formula is C12H9FNO. The van der Waals surface area contributed by atoms with Crippen molar-refractivity contribution in [1.29, 1.82) is 0 Å². The monoisotopic (exact) mass is 202 g/mol. The Balaban J connectivity index is 2.29. The standard InChI is InChI=1S/C12H9FNO/c1-9(13)8-10-2-4-11(5-3-10)12-6-7-15-14-12/h2-8H,1H2/b9-8+. The molecule has 15 heavy (non-hydrogen) atoms. The molecule has 75 valence electrons. The Hall–Kier alpha value is -1.90. The summed E-state index contributed by atoms with van der Waals surface area (Å²) in [4.78, 5) is 0. The Morgan fingerprint density at radius 3 is 2.53 bits per heavy atom. The Labute approximate surface area is 87.0 Å². The third-order valence-electron chi connectivity index (χ3n) is 1.97. The lowest BCUT2D eigenvalue weighted by Crippen LogP contribution is -1.78. The highest BCUT2D eigenvalue weighted by Crippen LogP contribution is 2.18. The van der Waals surface area contributed by atoms with Crippen LogP contribution in [-0.4, -0.2) is 5.16 Å². The summed E-state index contributed by atoms with van der Waals surface area (Å²) in [5.74, 6) is -0.454. The molecule has 1 heterocycles. The highest BCUT2D eigenvalue weighted by Gasteiger charge is 1.99. The fourth-order valence-corrected chi connectivity index (χ4v) is 1.29. The fraction of sp³-hybridized carbons (Fsp3) is 0. The predicted octanol–water partition coefficient (Wildman–Crippen LogP) is 3.49. The van der Waals surface area contributed by atoms with E-state index in [0.29, 0.717) is 0 Å². The molecule has 1 aromatic heterocycles. The van der Waals surface area contributed by atoms with Crippen LogP contribution >= 0.6 is 0 Å². The normalized spacial score (nSPS) is 11.7. The van der Waals surface area contributed by atoms with Crippen LogP contribution in [0.5, 0.6) is 0 Å². The van der Waals surface area contributed by atoms with Crippen LogP contribution in [0.25, 0.3) is 17.3 Å². The third kappa shape index (κ3) is 2.31. The van der Waals surface area contributed by atoms with Crippen LogP contribution in [0.2, 0.25) is 0 Å². The molecular weight excluding hydrogens is 193 g/mol. The lowest BCUT2D eigenvalue weighted by atomic mass is 10.1. The molecule has 0 saturated heterocycles.